The fourth-order valence-electron chi connectivity index (χ4n) is 2.45. The molecule has 2 aromatic rings. The Bertz CT molecular complexity index is 679. The number of nitrogens with zero attached hydrogens (tertiary/aromatic N) is 1. The first-order valence-electron chi connectivity index (χ1n) is 7.07. The monoisotopic (exact) mass is 276 g/mol. The summed E-state index contributed by atoms with van der Waals surface area (Å²) in [6.07, 6.45) is 2.23. The Kier molecular flexibility index (Phi) is 3.45. The molecule has 0 heterocycles. The molecule has 0 radical (unpaired) electrons. The lowest BCUT2D eigenvalue weighted by Crippen LogP contribution is -2.14. The number of amides is 1. The summed E-state index contributed by atoms with van der Waals surface area (Å²) < 4.78 is 0. The smallest absolute Gasteiger partial charge is 0.228 e. The largest absolute Gasteiger partial charge is 0.326 e. The van der Waals surface area contributed by atoms with E-state index >= 15 is 0 Å². The van der Waals surface area contributed by atoms with Crippen molar-refractivity contribution in [1.82, 2.24) is 0 Å². The molecule has 0 spiro atoms. The highest BCUT2D eigenvalue weighted by molar-refractivity contribution is 5.92. The summed E-state index contributed by atoms with van der Waals surface area (Å²) in [5.74, 6) is -0.0321. The molecule has 3 heteroatoms. The third-order valence-electron chi connectivity index (χ3n) is 3.89. The Morgan fingerprint density at radius 1 is 1.10 bits per heavy atom. The third kappa shape index (κ3) is 2.95. The van der Waals surface area contributed by atoms with Crippen LogP contribution in [0.2, 0.25) is 0 Å². The second-order valence-electron chi connectivity index (χ2n) is 5.48. The number of anilines is 1. The maximum atomic E-state index is 12.0. The molecule has 1 fully saturated rings. The average molecular weight is 276 g/mol. The normalized spacial score (nSPS) is 15.0. The van der Waals surface area contributed by atoms with Crippen molar-refractivity contribution in [2.24, 2.45) is 0 Å². The number of hydrogen-bond acceptors (Lipinski definition) is 2. The number of hydrogen-bond donors (Lipinski definition) is 1. The first-order valence-corrected chi connectivity index (χ1v) is 7.07. The molecule has 1 N–H and O–H groups in total. The predicted molar refractivity (Wildman–Crippen MR) is 81.7 cm³/mol. The zero-order valence-corrected chi connectivity index (χ0v) is 11.7. The van der Waals surface area contributed by atoms with Crippen molar-refractivity contribution in [3.05, 3.63) is 65.7 Å². The number of carbonyl (C=O) groups is 1. The maximum Gasteiger partial charge on any atom is 0.228 e. The van der Waals surface area contributed by atoms with E-state index in [-0.39, 0.29) is 11.3 Å². The summed E-state index contributed by atoms with van der Waals surface area (Å²) in [6, 6.07) is 19.7. The lowest BCUT2D eigenvalue weighted by Gasteiger charge is -2.09. The number of nitrogens with one attached hydrogen (secondary N) is 1. The van der Waals surface area contributed by atoms with E-state index < -0.39 is 0 Å². The summed E-state index contributed by atoms with van der Waals surface area (Å²) in [6.45, 7) is 0. The molecule has 1 aliphatic carbocycles. The van der Waals surface area contributed by atoms with Gasteiger partial charge in [-0.15, -0.1) is 0 Å². The highest BCUT2D eigenvalue weighted by Gasteiger charge is 2.44. The lowest BCUT2D eigenvalue weighted by atomic mass is 9.98. The minimum absolute atomic E-state index is 0.0321. The summed E-state index contributed by atoms with van der Waals surface area (Å²) >= 11 is 0. The molecule has 0 saturated heterocycles. The van der Waals surface area contributed by atoms with Gasteiger partial charge in [0.1, 0.15) is 0 Å². The second kappa shape index (κ2) is 5.41. The number of benzene rings is 2. The molecule has 0 atom stereocenters. The van der Waals surface area contributed by atoms with E-state index in [0.29, 0.717) is 6.42 Å². The summed E-state index contributed by atoms with van der Waals surface area (Å²) in [7, 11) is 0. The SMILES string of the molecule is N#CC1(c2ccc(NC(=O)Cc3ccccc3)cc2)CC1. The number of nitriles is 1. The molecule has 3 nitrogen and oxygen atoms in total. The van der Waals surface area contributed by atoms with E-state index in [9.17, 15) is 4.79 Å². The van der Waals surface area contributed by atoms with Gasteiger partial charge in [-0.2, -0.15) is 5.26 Å². The van der Waals surface area contributed by atoms with Gasteiger partial charge >= 0.3 is 0 Å². The van der Waals surface area contributed by atoms with Crippen LogP contribution < -0.4 is 5.32 Å². The van der Waals surface area contributed by atoms with Gasteiger partial charge in [0.15, 0.2) is 0 Å². The molecular weight excluding hydrogens is 260 g/mol. The third-order valence-corrected chi connectivity index (χ3v) is 3.89. The van der Waals surface area contributed by atoms with Crippen LogP contribution in [0.4, 0.5) is 5.69 Å². The van der Waals surface area contributed by atoms with Gasteiger partial charge in [-0.25, -0.2) is 0 Å². The highest BCUT2D eigenvalue weighted by atomic mass is 16.1. The van der Waals surface area contributed by atoms with Crippen molar-refractivity contribution in [1.29, 1.82) is 5.26 Å². The van der Waals surface area contributed by atoms with Crippen molar-refractivity contribution >= 4 is 11.6 Å². The molecule has 0 aromatic heterocycles. The molecule has 2 aromatic carbocycles. The van der Waals surface area contributed by atoms with E-state index in [0.717, 1.165) is 29.7 Å². The van der Waals surface area contributed by atoms with Crippen LogP contribution in [0.15, 0.2) is 54.6 Å². The first kappa shape index (κ1) is 13.4. The van der Waals surface area contributed by atoms with Crippen LogP contribution in [0, 0.1) is 11.3 Å². The van der Waals surface area contributed by atoms with Crippen LogP contribution in [0.25, 0.3) is 0 Å². The summed E-state index contributed by atoms with van der Waals surface area (Å²) in [5, 5.41) is 12.1. The average Bonchev–Trinajstić information content (AvgIpc) is 3.30. The highest BCUT2D eigenvalue weighted by Crippen LogP contribution is 2.47. The Labute approximate surface area is 124 Å². The minimum atomic E-state index is -0.271. The molecule has 104 valence electrons. The number of carbonyl (C=O) groups excluding carboxylic acids is 1. The lowest BCUT2D eigenvalue weighted by molar-refractivity contribution is -0.115. The molecule has 0 bridgehead atoms. The molecule has 1 amide bonds. The molecule has 0 unspecified atom stereocenters. The Hall–Kier alpha value is -2.60. The Morgan fingerprint density at radius 2 is 1.76 bits per heavy atom. The molecule has 3 rings (SSSR count). The topological polar surface area (TPSA) is 52.9 Å². The molecular formula is C18H16N2O. The zero-order valence-electron chi connectivity index (χ0n) is 11.7. The van der Waals surface area contributed by atoms with Crippen molar-refractivity contribution in [2.45, 2.75) is 24.7 Å². The fraction of sp³-hybridized carbons (Fsp3) is 0.222. The summed E-state index contributed by atoms with van der Waals surface area (Å²) in [5.41, 5.74) is 2.54. The first-order chi connectivity index (χ1) is 10.2. The van der Waals surface area contributed by atoms with Crippen LogP contribution in [-0.2, 0) is 16.6 Å². The Balaban J connectivity index is 1.63. The van der Waals surface area contributed by atoms with Gasteiger partial charge in [-0.05, 0) is 36.1 Å². The van der Waals surface area contributed by atoms with E-state index in [4.69, 9.17) is 5.26 Å². The van der Waals surface area contributed by atoms with E-state index in [1.165, 1.54) is 0 Å². The van der Waals surface area contributed by atoms with Gasteiger partial charge in [-0.1, -0.05) is 42.5 Å². The standard InChI is InChI=1S/C18H16N2O/c19-13-18(10-11-18)15-6-8-16(9-7-15)20-17(21)12-14-4-2-1-3-5-14/h1-9H,10-12H2,(H,20,21). The number of rotatable bonds is 4. The van der Waals surface area contributed by atoms with Gasteiger partial charge < -0.3 is 5.32 Å². The van der Waals surface area contributed by atoms with Crippen LogP contribution in [0.1, 0.15) is 24.0 Å². The van der Waals surface area contributed by atoms with Crippen LogP contribution in [0.5, 0.6) is 0 Å². The van der Waals surface area contributed by atoms with Gasteiger partial charge in [0.05, 0.1) is 17.9 Å². The molecule has 1 saturated carbocycles. The van der Waals surface area contributed by atoms with Gasteiger partial charge in [-0.3, -0.25) is 4.79 Å². The van der Waals surface area contributed by atoms with Crippen LogP contribution in [0.3, 0.4) is 0 Å². The van der Waals surface area contributed by atoms with Crippen molar-refractivity contribution in [2.75, 3.05) is 5.32 Å². The fourth-order valence-corrected chi connectivity index (χ4v) is 2.45. The molecule has 0 aliphatic heterocycles. The van der Waals surface area contributed by atoms with Crippen molar-refractivity contribution in [3.8, 4) is 6.07 Å². The van der Waals surface area contributed by atoms with Crippen molar-refractivity contribution < 1.29 is 4.79 Å². The van der Waals surface area contributed by atoms with Gasteiger partial charge in [0.25, 0.3) is 0 Å². The molecule has 1 aliphatic rings. The van der Waals surface area contributed by atoms with Crippen molar-refractivity contribution in [3.63, 3.8) is 0 Å². The molecule has 21 heavy (non-hydrogen) atoms. The van der Waals surface area contributed by atoms with E-state index in [1.807, 2.05) is 54.6 Å². The van der Waals surface area contributed by atoms with E-state index in [2.05, 4.69) is 11.4 Å². The van der Waals surface area contributed by atoms with E-state index in [1.54, 1.807) is 0 Å². The van der Waals surface area contributed by atoms with Gasteiger partial charge in [0.2, 0.25) is 5.91 Å². The Morgan fingerprint density at radius 3 is 2.33 bits per heavy atom. The van der Waals surface area contributed by atoms with Crippen LogP contribution >= 0.6 is 0 Å². The van der Waals surface area contributed by atoms with Gasteiger partial charge in [0, 0.05) is 5.69 Å². The zero-order chi connectivity index (χ0) is 14.7. The van der Waals surface area contributed by atoms with Crippen LogP contribution in [-0.4, -0.2) is 5.91 Å². The minimum Gasteiger partial charge on any atom is -0.326 e. The second-order valence-corrected chi connectivity index (χ2v) is 5.48. The quantitative estimate of drug-likeness (QED) is 0.930. The summed E-state index contributed by atoms with van der Waals surface area (Å²) in [4.78, 5) is 12.0. The predicted octanol–water partition coefficient (Wildman–Crippen LogP) is 3.42. The maximum absolute atomic E-state index is 12.0.